The van der Waals surface area contributed by atoms with Crippen LogP contribution in [0, 0.1) is 0 Å². The third kappa shape index (κ3) is 15.1. The number of thioether (sulfide) groups is 2. The molecule has 0 atom stereocenters. The molecule has 2 heterocycles. The van der Waals surface area contributed by atoms with Crippen molar-refractivity contribution in [3.8, 4) is 0 Å². The van der Waals surface area contributed by atoms with Gasteiger partial charge in [0.25, 0.3) is 0 Å². The lowest BCUT2D eigenvalue weighted by Gasteiger charge is -2.06. The minimum atomic E-state index is 0. The molecule has 5 nitrogen and oxygen atoms in total. The van der Waals surface area contributed by atoms with Gasteiger partial charge in [-0.15, -0.1) is 34.0 Å². The number of halogens is 4. The Bertz CT molecular complexity index is 717. The van der Waals surface area contributed by atoms with Gasteiger partial charge in [-0.2, -0.15) is 23.5 Å². The van der Waals surface area contributed by atoms with E-state index in [2.05, 4.69) is 20.6 Å². The Kier molecular flexibility index (Phi) is 22.7. The Balaban J connectivity index is 0. The topological polar surface area (TPSA) is 75.9 Å². The summed E-state index contributed by atoms with van der Waals surface area (Å²) in [6.07, 6.45) is 3.51. The molecule has 0 saturated heterocycles. The number of thiocarbonyl (C=S) groups is 1. The molecule has 0 amide bonds. The van der Waals surface area contributed by atoms with Crippen molar-refractivity contribution < 1.29 is 0 Å². The van der Waals surface area contributed by atoms with Gasteiger partial charge < -0.3 is 16.4 Å². The van der Waals surface area contributed by atoms with Crippen LogP contribution in [0.25, 0.3) is 0 Å². The standard InChI is InChI=1S/C10H14ClN3S2.C8H11ClN2S.2BrH/c1-12-10(15)14-5-6-16-7-9-8(11)3-2-4-13-9;9-7-2-1-4-11-8(7)6-12-5-3-10;;/h2-4H,5-7H2,1H3,(H2,12,14,15);1-2,4H,3,5-6,10H2;2*1H. The van der Waals surface area contributed by atoms with E-state index in [1.54, 1.807) is 43.0 Å². The largest absolute Gasteiger partial charge is 0.366 e. The van der Waals surface area contributed by atoms with Crippen molar-refractivity contribution >= 4 is 98.0 Å². The van der Waals surface area contributed by atoms with Crippen molar-refractivity contribution in [1.82, 2.24) is 20.6 Å². The van der Waals surface area contributed by atoms with E-state index in [4.69, 9.17) is 41.2 Å². The molecule has 0 spiro atoms. The molecule has 0 aliphatic carbocycles. The quantitative estimate of drug-likeness (QED) is 0.257. The molecule has 0 saturated carbocycles. The fraction of sp³-hybridized carbons (Fsp3) is 0.389. The molecule has 2 rings (SSSR count). The first kappa shape index (κ1) is 32.4. The maximum absolute atomic E-state index is 5.99. The normalized spacial score (nSPS) is 9.33. The van der Waals surface area contributed by atoms with Crippen LogP contribution in [0.3, 0.4) is 0 Å². The minimum Gasteiger partial charge on any atom is -0.366 e. The molecule has 0 aromatic carbocycles. The van der Waals surface area contributed by atoms with Crippen LogP contribution >= 0.6 is 92.9 Å². The van der Waals surface area contributed by atoms with Gasteiger partial charge in [0.1, 0.15) is 0 Å². The van der Waals surface area contributed by atoms with Crippen molar-refractivity contribution in [3.63, 3.8) is 0 Å². The smallest absolute Gasteiger partial charge is 0.166 e. The fourth-order valence-electron chi connectivity index (χ4n) is 1.80. The van der Waals surface area contributed by atoms with E-state index in [0.29, 0.717) is 11.7 Å². The summed E-state index contributed by atoms with van der Waals surface area (Å²) in [6.45, 7) is 1.55. The number of hydrogen-bond acceptors (Lipinski definition) is 6. The summed E-state index contributed by atoms with van der Waals surface area (Å²) in [4.78, 5) is 8.37. The second-order valence-electron chi connectivity index (χ2n) is 5.26. The maximum Gasteiger partial charge on any atom is 0.166 e. The summed E-state index contributed by atoms with van der Waals surface area (Å²) < 4.78 is 0. The van der Waals surface area contributed by atoms with E-state index in [1.807, 2.05) is 24.3 Å². The van der Waals surface area contributed by atoms with Gasteiger partial charge in [-0.25, -0.2) is 0 Å². The first-order chi connectivity index (χ1) is 13.6. The summed E-state index contributed by atoms with van der Waals surface area (Å²) in [5.41, 5.74) is 7.23. The average Bonchev–Trinajstić information content (AvgIpc) is 2.71. The Morgan fingerprint density at radius 2 is 1.50 bits per heavy atom. The fourth-order valence-corrected chi connectivity index (χ4v) is 3.98. The lowest BCUT2D eigenvalue weighted by molar-refractivity contribution is 0.942. The van der Waals surface area contributed by atoms with E-state index in [0.717, 1.165) is 51.0 Å². The summed E-state index contributed by atoms with van der Waals surface area (Å²) in [7, 11) is 1.80. The second kappa shape index (κ2) is 21.1. The zero-order chi connectivity index (χ0) is 20.6. The Morgan fingerprint density at radius 1 is 1.00 bits per heavy atom. The number of nitrogens with one attached hydrogen (secondary N) is 2. The van der Waals surface area contributed by atoms with Crippen LogP contribution in [0.15, 0.2) is 36.7 Å². The number of nitrogens with zero attached hydrogens (tertiary/aromatic N) is 2. The van der Waals surface area contributed by atoms with Crippen LogP contribution in [-0.2, 0) is 11.5 Å². The monoisotopic (exact) mass is 637 g/mol. The van der Waals surface area contributed by atoms with Crippen molar-refractivity contribution in [1.29, 1.82) is 0 Å². The molecule has 2 aromatic rings. The van der Waals surface area contributed by atoms with Gasteiger partial charge in [0.15, 0.2) is 5.11 Å². The first-order valence-electron chi connectivity index (χ1n) is 8.58. The number of rotatable bonds is 9. The van der Waals surface area contributed by atoms with Crippen LogP contribution in [0.4, 0.5) is 0 Å². The van der Waals surface area contributed by atoms with Gasteiger partial charge in [0, 0.05) is 55.5 Å². The predicted molar refractivity (Wildman–Crippen MR) is 150 cm³/mol. The van der Waals surface area contributed by atoms with E-state index < -0.39 is 0 Å². The van der Waals surface area contributed by atoms with Crippen LogP contribution in [-0.4, -0.2) is 46.7 Å². The Morgan fingerprint density at radius 3 is 1.93 bits per heavy atom. The highest BCUT2D eigenvalue weighted by Crippen LogP contribution is 2.18. The molecule has 0 unspecified atom stereocenters. The first-order valence-corrected chi connectivity index (χ1v) is 12.1. The van der Waals surface area contributed by atoms with Crippen LogP contribution < -0.4 is 16.4 Å². The predicted octanol–water partition coefficient (Wildman–Crippen LogP) is 5.14. The third-order valence-corrected chi connectivity index (χ3v) is 6.18. The summed E-state index contributed by atoms with van der Waals surface area (Å²) in [5.74, 6) is 3.59. The minimum absolute atomic E-state index is 0. The molecule has 30 heavy (non-hydrogen) atoms. The summed E-state index contributed by atoms with van der Waals surface area (Å²) >= 11 is 20.4. The second-order valence-corrected chi connectivity index (χ2v) is 8.70. The Labute approximate surface area is 224 Å². The van der Waals surface area contributed by atoms with Crippen molar-refractivity contribution in [2.75, 3.05) is 31.6 Å². The highest BCUT2D eigenvalue weighted by molar-refractivity contribution is 8.93. The lowest BCUT2D eigenvalue weighted by Crippen LogP contribution is -2.33. The van der Waals surface area contributed by atoms with Crippen LogP contribution in [0.1, 0.15) is 11.4 Å². The Hall–Kier alpha value is 0.190. The van der Waals surface area contributed by atoms with E-state index in [9.17, 15) is 0 Å². The number of aromatic nitrogens is 2. The third-order valence-electron chi connectivity index (χ3n) is 3.17. The van der Waals surface area contributed by atoms with Crippen LogP contribution in [0.2, 0.25) is 10.0 Å². The molecular weight excluding hydrogens is 613 g/mol. The summed E-state index contributed by atoms with van der Waals surface area (Å²) in [6, 6.07) is 7.38. The summed E-state index contributed by atoms with van der Waals surface area (Å²) in [5, 5.41) is 8.09. The van der Waals surface area contributed by atoms with E-state index in [1.165, 1.54) is 0 Å². The maximum atomic E-state index is 5.99. The van der Waals surface area contributed by atoms with Crippen molar-refractivity contribution in [2.24, 2.45) is 5.73 Å². The van der Waals surface area contributed by atoms with Gasteiger partial charge in [-0.3, -0.25) is 9.97 Å². The highest BCUT2D eigenvalue weighted by atomic mass is 79.9. The molecule has 2 aromatic heterocycles. The van der Waals surface area contributed by atoms with E-state index in [-0.39, 0.29) is 34.0 Å². The van der Waals surface area contributed by atoms with E-state index >= 15 is 0 Å². The highest BCUT2D eigenvalue weighted by Gasteiger charge is 2.00. The molecule has 0 radical (unpaired) electrons. The molecular formula is C18H27Br2Cl2N5S3. The molecule has 0 aliphatic rings. The van der Waals surface area contributed by atoms with Crippen LogP contribution in [0.5, 0.6) is 0 Å². The van der Waals surface area contributed by atoms with Gasteiger partial charge in [-0.1, -0.05) is 23.2 Å². The SMILES string of the molecule is Br.Br.CNC(=S)NCCSCc1ncccc1Cl.NCCSCc1ncccc1Cl. The van der Waals surface area contributed by atoms with Gasteiger partial charge in [0.2, 0.25) is 0 Å². The zero-order valence-electron chi connectivity index (χ0n) is 16.5. The van der Waals surface area contributed by atoms with Gasteiger partial charge in [0.05, 0.1) is 21.4 Å². The molecule has 170 valence electrons. The number of hydrogen-bond donors (Lipinski definition) is 3. The molecule has 0 fully saturated rings. The van der Waals surface area contributed by atoms with Crippen molar-refractivity contribution in [3.05, 3.63) is 58.1 Å². The lowest BCUT2D eigenvalue weighted by atomic mass is 10.4. The molecule has 0 aliphatic heterocycles. The van der Waals surface area contributed by atoms with Gasteiger partial charge >= 0.3 is 0 Å². The zero-order valence-corrected chi connectivity index (χ0v) is 23.9. The van der Waals surface area contributed by atoms with Gasteiger partial charge in [-0.05, 0) is 36.5 Å². The van der Waals surface area contributed by atoms with Crippen molar-refractivity contribution in [2.45, 2.75) is 11.5 Å². The molecule has 4 N–H and O–H groups in total. The number of nitrogens with two attached hydrogens (primary N) is 1. The number of pyridine rings is 2. The molecule has 12 heteroatoms. The molecule has 0 bridgehead atoms. The average molecular weight is 640 g/mol.